The Hall–Kier alpha value is -1.31. The van der Waals surface area contributed by atoms with Gasteiger partial charge in [-0.2, -0.15) is 0 Å². The summed E-state index contributed by atoms with van der Waals surface area (Å²) in [5.41, 5.74) is 1.87. The second-order valence-electron chi connectivity index (χ2n) is 4.67. The Labute approximate surface area is 91.0 Å². The van der Waals surface area contributed by atoms with Crippen molar-refractivity contribution in [3.63, 3.8) is 0 Å². The standard InChI is InChI=1S/C13H17NO/c1-9(2)13(4)8-14-11-7-10(3)5-6-12(11)15-13/h5-9H,1-4H3. The summed E-state index contributed by atoms with van der Waals surface area (Å²) in [6.07, 6.45) is 1.92. The first kappa shape index (κ1) is 10.2. The van der Waals surface area contributed by atoms with Crippen LogP contribution in [0.2, 0.25) is 0 Å². The van der Waals surface area contributed by atoms with Crippen LogP contribution in [0.5, 0.6) is 5.75 Å². The van der Waals surface area contributed by atoms with Crippen LogP contribution in [-0.2, 0) is 0 Å². The van der Waals surface area contributed by atoms with Gasteiger partial charge in [0.2, 0.25) is 0 Å². The number of fused-ring (bicyclic) bond motifs is 1. The summed E-state index contributed by atoms with van der Waals surface area (Å²) in [5.74, 6) is 1.30. The number of hydrogen-bond acceptors (Lipinski definition) is 2. The van der Waals surface area contributed by atoms with E-state index in [9.17, 15) is 0 Å². The molecule has 0 spiro atoms. The molecule has 0 aromatic heterocycles. The Balaban J connectivity index is 2.40. The highest BCUT2D eigenvalue weighted by Crippen LogP contribution is 2.36. The molecule has 0 bridgehead atoms. The van der Waals surface area contributed by atoms with Gasteiger partial charge in [0.1, 0.15) is 17.0 Å². The molecular formula is C13H17NO. The second kappa shape index (κ2) is 3.37. The van der Waals surface area contributed by atoms with Crippen molar-refractivity contribution >= 4 is 11.9 Å². The van der Waals surface area contributed by atoms with E-state index in [-0.39, 0.29) is 5.60 Å². The minimum absolute atomic E-state index is 0.276. The maximum Gasteiger partial charge on any atom is 0.146 e. The zero-order valence-electron chi connectivity index (χ0n) is 9.74. The smallest absolute Gasteiger partial charge is 0.146 e. The predicted octanol–water partition coefficient (Wildman–Crippen LogP) is 3.50. The number of nitrogens with zero attached hydrogens (tertiary/aromatic N) is 1. The Morgan fingerprint density at radius 2 is 2.07 bits per heavy atom. The summed E-state index contributed by atoms with van der Waals surface area (Å²) in [4.78, 5) is 4.48. The van der Waals surface area contributed by atoms with Gasteiger partial charge in [0, 0.05) is 6.21 Å². The van der Waals surface area contributed by atoms with E-state index in [1.807, 2.05) is 18.3 Å². The minimum Gasteiger partial charge on any atom is -0.479 e. The maximum atomic E-state index is 5.99. The average Bonchev–Trinajstić information content (AvgIpc) is 2.18. The average molecular weight is 203 g/mol. The molecule has 1 atom stereocenters. The monoisotopic (exact) mass is 203 g/mol. The highest BCUT2D eigenvalue weighted by atomic mass is 16.5. The molecule has 2 nitrogen and oxygen atoms in total. The van der Waals surface area contributed by atoms with Crippen LogP contribution in [-0.4, -0.2) is 11.8 Å². The van der Waals surface area contributed by atoms with Crippen molar-refractivity contribution in [1.29, 1.82) is 0 Å². The molecule has 1 aromatic rings. The fraction of sp³-hybridized carbons (Fsp3) is 0.462. The quantitative estimate of drug-likeness (QED) is 0.684. The van der Waals surface area contributed by atoms with Gasteiger partial charge in [-0.15, -0.1) is 0 Å². The van der Waals surface area contributed by atoms with Crippen LogP contribution in [0.15, 0.2) is 23.2 Å². The summed E-state index contributed by atoms with van der Waals surface area (Å²) in [7, 11) is 0. The van der Waals surface area contributed by atoms with Gasteiger partial charge in [0.25, 0.3) is 0 Å². The SMILES string of the molecule is Cc1ccc2c(c1)N=CC(C)(C(C)C)O2. The Morgan fingerprint density at radius 3 is 2.73 bits per heavy atom. The van der Waals surface area contributed by atoms with E-state index in [1.165, 1.54) is 5.56 Å². The van der Waals surface area contributed by atoms with Crippen molar-refractivity contribution in [1.82, 2.24) is 0 Å². The van der Waals surface area contributed by atoms with Gasteiger partial charge in [-0.25, -0.2) is 0 Å². The van der Waals surface area contributed by atoms with Crippen molar-refractivity contribution in [2.75, 3.05) is 0 Å². The number of rotatable bonds is 1. The van der Waals surface area contributed by atoms with Crippen molar-refractivity contribution < 1.29 is 4.74 Å². The molecule has 0 saturated heterocycles. The predicted molar refractivity (Wildman–Crippen MR) is 63.2 cm³/mol. The molecule has 1 heterocycles. The van der Waals surface area contributed by atoms with E-state index in [2.05, 4.69) is 38.8 Å². The first-order valence-corrected chi connectivity index (χ1v) is 5.36. The number of ether oxygens (including phenoxy) is 1. The van der Waals surface area contributed by atoms with E-state index < -0.39 is 0 Å². The zero-order valence-corrected chi connectivity index (χ0v) is 9.74. The first-order chi connectivity index (χ1) is 7.01. The normalized spacial score (nSPS) is 23.8. The summed E-state index contributed by atoms with van der Waals surface area (Å²) in [6, 6.07) is 6.11. The molecule has 0 fully saturated rings. The van der Waals surface area contributed by atoms with E-state index in [0.717, 1.165) is 11.4 Å². The fourth-order valence-corrected chi connectivity index (χ4v) is 1.54. The Bertz CT molecular complexity index is 409. The third-order valence-corrected chi connectivity index (χ3v) is 3.05. The zero-order chi connectivity index (χ0) is 11.1. The minimum atomic E-state index is -0.276. The molecule has 0 N–H and O–H groups in total. The highest BCUT2D eigenvalue weighted by Gasteiger charge is 2.32. The van der Waals surface area contributed by atoms with Gasteiger partial charge in [-0.1, -0.05) is 19.9 Å². The van der Waals surface area contributed by atoms with E-state index in [4.69, 9.17) is 4.74 Å². The van der Waals surface area contributed by atoms with Gasteiger partial charge in [-0.3, -0.25) is 4.99 Å². The number of aliphatic imine (C=N–C) groups is 1. The number of benzene rings is 1. The molecule has 1 unspecified atom stereocenters. The van der Waals surface area contributed by atoms with Crippen LogP contribution in [0.1, 0.15) is 26.3 Å². The number of hydrogen-bond donors (Lipinski definition) is 0. The highest BCUT2D eigenvalue weighted by molar-refractivity contribution is 5.77. The Morgan fingerprint density at radius 1 is 1.33 bits per heavy atom. The van der Waals surface area contributed by atoms with Crippen LogP contribution in [0.25, 0.3) is 0 Å². The third-order valence-electron chi connectivity index (χ3n) is 3.05. The van der Waals surface area contributed by atoms with Crippen LogP contribution >= 0.6 is 0 Å². The summed E-state index contributed by atoms with van der Waals surface area (Å²) in [6.45, 7) is 8.42. The fourth-order valence-electron chi connectivity index (χ4n) is 1.54. The van der Waals surface area contributed by atoms with Gasteiger partial charge >= 0.3 is 0 Å². The lowest BCUT2D eigenvalue weighted by Crippen LogP contribution is -2.41. The van der Waals surface area contributed by atoms with Crippen LogP contribution < -0.4 is 4.74 Å². The maximum absolute atomic E-state index is 5.99. The van der Waals surface area contributed by atoms with E-state index >= 15 is 0 Å². The third kappa shape index (κ3) is 1.76. The first-order valence-electron chi connectivity index (χ1n) is 5.36. The second-order valence-corrected chi connectivity index (χ2v) is 4.67. The molecule has 1 aromatic carbocycles. The Kier molecular flexibility index (Phi) is 2.29. The molecular weight excluding hydrogens is 186 g/mol. The van der Waals surface area contributed by atoms with Crippen molar-refractivity contribution in [3.05, 3.63) is 23.8 Å². The van der Waals surface area contributed by atoms with Crippen LogP contribution in [0.3, 0.4) is 0 Å². The van der Waals surface area contributed by atoms with Crippen LogP contribution in [0, 0.1) is 12.8 Å². The molecule has 2 rings (SSSR count). The molecule has 0 saturated carbocycles. The van der Waals surface area contributed by atoms with Gasteiger partial charge in [0.05, 0.1) is 0 Å². The lowest BCUT2D eigenvalue weighted by atomic mass is 9.92. The van der Waals surface area contributed by atoms with Gasteiger partial charge in [0.15, 0.2) is 0 Å². The molecule has 15 heavy (non-hydrogen) atoms. The van der Waals surface area contributed by atoms with Crippen molar-refractivity contribution in [2.24, 2.45) is 10.9 Å². The van der Waals surface area contributed by atoms with E-state index in [1.54, 1.807) is 0 Å². The molecule has 0 radical (unpaired) electrons. The van der Waals surface area contributed by atoms with Gasteiger partial charge in [-0.05, 0) is 37.5 Å². The van der Waals surface area contributed by atoms with Crippen LogP contribution in [0.4, 0.5) is 5.69 Å². The lowest BCUT2D eigenvalue weighted by molar-refractivity contribution is 0.112. The van der Waals surface area contributed by atoms with Crippen molar-refractivity contribution in [3.8, 4) is 5.75 Å². The molecule has 2 heteroatoms. The van der Waals surface area contributed by atoms with Crippen molar-refractivity contribution in [2.45, 2.75) is 33.3 Å². The summed E-state index contributed by atoms with van der Waals surface area (Å²) in [5, 5.41) is 0. The van der Waals surface area contributed by atoms with E-state index in [0.29, 0.717) is 5.92 Å². The number of aryl methyl sites for hydroxylation is 1. The van der Waals surface area contributed by atoms with Gasteiger partial charge < -0.3 is 4.74 Å². The summed E-state index contributed by atoms with van der Waals surface area (Å²) >= 11 is 0. The molecule has 1 aliphatic rings. The summed E-state index contributed by atoms with van der Waals surface area (Å²) < 4.78 is 5.99. The largest absolute Gasteiger partial charge is 0.479 e. The lowest BCUT2D eigenvalue weighted by Gasteiger charge is -2.34. The molecule has 1 aliphatic heterocycles. The molecule has 80 valence electrons. The molecule has 0 amide bonds. The molecule has 0 aliphatic carbocycles. The topological polar surface area (TPSA) is 21.6 Å².